The maximum absolute atomic E-state index is 13.0. The van der Waals surface area contributed by atoms with Gasteiger partial charge in [-0.05, 0) is 44.2 Å². The minimum Gasteiger partial charge on any atom is -0.342 e. The Bertz CT molecular complexity index is 1180. The van der Waals surface area contributed by atoms with E-state index in [-0.39, 0.29) is 5.82 Å². The summed E-state index contributed by atoms with van der Waals surface area (Å²) in [6.45, 7) is 3.11. The minimum atomic E-state index is -4.89. The third-order valence-corrected chi connectivity index (χ3v) is 4.41. The fourth-order valence-electron chi connectivity index (χ4n) is 2.81. The summed E-state index contributed by atoms with van der Waals surface area (Å²) in [6.07, 6.45) is -6.73. The number of halogens is 5. The number of benzene rings is 1. The zero-order valence-corrected chi connectivity index (χ0v) is 16.7. The summed E-state index contributed by atoms with van der Waals surface area (Å²) in [5.74, 6) is -0.102. The average molecular weight is 450 g/mol. The van der Waals surface area contributed by atoms with Crippen LogP contribution < -0.4 is 5.32 Å². The second kappa shape index (κ2) is 8.70. The van der Waals surface area contributed by atoms with Gasteiger partial charge in [-0.1, -0.05) is 0 Å². The molecule has 0 aliphatic carbocycles. The van der Waals surface area contributed by atoms with Crippen LogP contribution in [0.4, 0.5) is 22.0 Å². The van der Waals surface area contributed by atoms with Gasteiger partial charge < -0.3 is 5.32 Å². The number of hydrogen-bond donors (Lipinski definition) is 1. The van der Waals surface area contributed by atoms with Crippen LogP contribution in [0.3, 0.4) is 0 Å². The molecular weight excluding hydrogens is 435 g/mol. The number of hydrogen-bond acceptors (Lipinski definition) is 5. The van der Waals surface area contributed by atoms with Crippen LogP contribution in [0, 0.1) is 18.3 Å². The second-order valence-electron chi connectivity index (χ2n) is 6.78. The summed E-state index contributed by atoms with van der Waals surface area (Å²) in [5, 5.41) is 15.5. The molecule has 0 aliphatic rings. The van der Waals surface area contributed by atoms with Crippen LogP contribution in [0.15, 0.2) is 36.5 Å². The van der Waals surface area contributed by atoms with E-state index in [1.54, 1.807) is 13.0 Å². The lowest BCUT2D eigenvalue weighted by molar-refractivity contribution is -0.137. The monoisotopic (exact) mass is 450 g/mol. The molecule has 0 radical (unpaired) electrons. The minimum absolute atomic E-state index is 0.128. The molecule has 3 aromatic rings. The molecule has 1 N–H and O–H groups in total. The smallest absolute Gasteiger partial charge is 0.342 e. The number of rotatable bonds is 5. The SMILES string of the molecule is Cc1nc(C(C)NC(=O)c2cc(C(F)F)cc(C(F)(F)F)c2)nn1-c1ccc(C#N)cn1. The van der Waals surface area contributed by atoms with Crippen molar-refractivity contribution in [2.24, 2.45) is 0 Å². The predicted octanol–water partition coefficient (Wildman–Crippen LogP) is 4.29. The highest BCUT2D eigenvalue weighted by Gasteiger charge is 2.33. The molecule has 0 saturated heterocycles. The molecule has 1 amide bonds. The third kappa shape index (κ3) is 4.88. The highest BCUT2D eigenvalue weighted by molar-refractivity contribution is 5.94. The fraction of sp³-hybridized carbons (Fsp3) is 0.250. The normalized spacial score (nSPS) is 12.5. The molecule has 2 heterocycles. The molecule has 2 aromatic heterocycles. The van der Waals surface area contributed by atoms with Crippen LogP contribution in [-0.2, 0) is 6.18 Å². The molecule has 0 bridgehead atoms. The van der Waals surface area contributed by atoms with Gasteiger partial charge in [-0.15, -0.1) is 5.10 Å². The van der Waals surface area contributed by atoms with Crippen molar-refractivity contribution >= 4 is 5.91 Å². The van der Waals surface area contributed by atoms with E-state index in [1.807, 2.05) is 6.07 Å². The van der Waals surface area contributed by atoms with Gasteiger partial charge in [-0.3, -0.25) is 4.79 Å². The Labute approximate surface area is 178 Å². The first-order valence-electron chi connectivity index (χ1n) is 9.11. The van der Waals surface area contributed by atoms with Crippen LogP contribution in [0.5, 0.6) is 0 Å². The number of carbonyl (C=O) groups is 1. The van der Waals surface area contributed by atoms with Crippen LogP contribution >= 0.6 is 0 Å². The highest BCUT2D eigenvalue weighted by Crippen LogP contribution is 2.33. The first-order valence-corrected chi connectivity index (χ1v) is 9.11. The molecule has 0 aliphatic heterocycles. The number of nitrogens with one attached hydrogen (secondary N) is 1. The Morgan fingerprint density at radius 2 is 1.94 bits per heavy atom. The topological polar surface area (TPSA) is 96.5 Å². The largest absolute Gasteiger partial charge is 0.416 e. The van der Waals surface area contributed by atoms with Crippen molar-refractivity contribution in [3.05, 3.63) is 70.4 Å². The lowest BCUT2D eigenvalue weighted by Crippen LogP contribution is -2.28. The van der Waals surface area contributed by atoms with E-state index < -0.39 is 41.2 Å². The lowest BCUT2D eigenvalue weighted by Gasteiger charge is -2.14. The molecule has 166 valence electrons. The molecular formula is C20H15F5N6O. The van der Waals surface area contributed by atoms with Crippen molar-refractivity contribution in [3.8, 4) is 11.9 Å². The van der Waals surface area contributed by atoms with Crippen molar-refractivity contribution in [2.45, 2.75) is 32.5 Å². The number of nitriles is 1. The van der Waals surface area contributed by atoms with Gasteiger partial charge in [-0.2, -0.15) is 23.1 Å². The molecule has 0 spiro atoms. The average Bonchev–Trinajstić information content (AvgIpc) is 3.14. The Morgan fingerprint density at radius 3 is 2.50 bits per heavy atom. The zero-order valence-electron chi connectivity index (χ0n) is 16.7. The number of carbonyl (C=O) groups excluding carboxylic acids is 1. The molecule has 0 fully saturated rings. The highest BCUT2D eigenvalue weighted by atomic mass is 19.4. The van der Waals surface area contributed by atoms with E-state index >= 15 is 0 Å². The van der Waals surface area contributed by atoms with E-state index in [9.17, 15) is 26.7 Å². The third-order valence-electron chi connectivity index (χ3n) is 4.41. The van der Waals surface area contributed by atoms with Gasteiger partial charge in [0.05, 0.1) is 17.2 Å². The predicted molar refractivity (Wildman–Crippen MR) is 101 cm³/mol. The number of aromatic nitrogens is 4. The fourth-order valence-corrected chi connectivity index (χ4v) is 2.81. The van der Waals surface area contributed by atoms with Gasteiger partial charge in [0, 0.05) is 17.3 Å². The van der Waals surface area contributed by atoms with Crippen molar-refractivity contribution < 1.29 is 26.7 Å². The Hall–Kier alpha value is -3.88. The Morgan fingerprint density at radius 1 is 1.22 bits per heavy atom. The van der Waals surface area contributed by atoms with E-state index in [2.05, 4.69) is 20.4 Å². The standard InChI is InChI=1S/C20H15F5N6O/c1-10(18-29-11(2)31(30-18)16-4-3-12(8-26)9-27-16)28-19(32)14-5-13(17(21)22)6-15(7-14)20(23,24)25/h3-7,9-10,17H,1-2H3,(H,28,32). The zero-order chi connectivity index (χ0) is 23.6. The first-order chi connectivity index (χ1) is 15.0. The van der Waals surface area contributed by atoms with Gasteiger partial charge >= 0.3 is 6.18 Å². The van der Waals surface area contributed by atoms with Crippen molar-refractivity contribution in [1.29, 1.82) is 5.26 Å². The van der Waals surface area contributed by atoms with Crippen molar-refractivity contribution in [3.63, 3.8) is 0 Å². The van der Waals surface area contributed by atoms with E-state index in [0.717, 1.165) is 0 Å². The molecule has 7 nitrogen and oxygen atoms in total. The maximum Gasteiger partial charge on any atom is 0.416 e. The quantitative estimate of drug-likeness (QED) is 0.585. The number of nitrogens with zero attached hydrogens (tertiary/aromatic N) is 5. The molecule has 1 aromatic carbocycles. The van der Waals surface area contributed by atoms with E-state index in [4.69, 9.17) is 5.26 Å². The van der Waals surface area contributed by atoms with Gasteiger partial charge in [-0.25, -0.2) is 18.7 Å². The summed E-state index contributed by atoms with van der Waals surface area (Å²) < 4.78 is 66.5. The van der Waals surface area contributed by atoms with E-state index in [0.29, 0.717) is 35.4 Å². The molecule has 1 atom stereocenters. The maximum atomic E-state index is 13.0. The first kappa shape index (κ1) is 22.8. The van der Waals surface area contributed by atoms with E-state index in [1.165, 1.54) is 23.9 Å². The van der Waals surface area contributed by atoms with Gasteiger partial charge in [0.25, 0.3) is 12.3 Å². The molecule has 1 unspecified atom stereocenters. The second-order valence-corrected chi connectivity index (χ2v) is 6.78. The van der Waals surface area contributed by atoms with Gasteiger partial charge in [0.2, 0.25) is 0 Å². The lowest BCUT2D eigenvalue weighted by atomic mass is 10.0. The number of amides is 1. The molecule has 3 rings (SSSR count). The van der Waals surface area contributed by atoms with Gasteiger partial charge in [0.15, 0.2) is 11.6 Å². The van der Waals surface area contributed by atoms with Crippen LogP contribution in [0.25, 0.3) is 5.82 Å². The Kier molecular flexibility index (Phi) is 6.20. The van der Waals surface area contributed by atoms with Crippen molar-refractivity contribution in [2.75, 3.05) is 0 Å². The number of pyridine rings is 1. The van der Waals surface area contributed by atoms with Crippen LogP contribution in [-0.4, -0.2) is 25.7 Å². The summed E-state index contributed by atoms with van der Waals surface area (Å²) in [5.41, 5.74) is -2.48. The summed E-state index contributed by atoms with van der Waals surface area (Å²) >= 11 is 0. The summed E-state index contributed by atoms with van der Waals surface area (Å²) in [4.78, 5) is 20.8. The van der Waals surface area contributed by atoms with Crippen molar-refractivity contribution in [1.82, 2.24) is 25.1 Å². The molecule has 0 saturated carbocycles. The molecule has 12 heteroatoms. The van der Waals surface area contributed by atoms with Crippen LogP contribution in [0.2, 0.25) is 0 Å². The Balaban J connectivity index is 1.85. The van der Waals surface area contributed by atoms with Gasteiger partial charge in [0.1, 0.15) is 11.9 Å². The number of aryl methyl sites for hydroxylation is 1. The molecule has 32 heavy (non-hydrogen) atoms. The van der Waals surface area contributed by atoms with Crippen LogP contribution in [0.1, 0.15) is 58.1 Å². The number of alkyl halides is 5. The summed E-state index contributed by atoms with van der Waals surface area (Å²) in [7, 11) is 0. The summed E-state index contributed by atoms with van der Waals surface area (Å²) in [6, 6.07) is 5.67.